The molecule has 1 aliphatic heterocycles. The lowest BCUT2D eigenvalue weighted by Crippen LogP contribution is -2.32. The van der Waals surface area contributed by atoms with Crippen LogP contribution in [0.3, 0.4) is 0 Å². The Balaban J connectivity index is 1.82. The molecule has 1 saturated heterocycles. The van der Waals surface area contributed by atoms with Crippen molar-refractivity contribution < 1.29 is 9.18 Å². The van der Waals surface area contributed by atoms with Gasteiger partial charge in [-0.1, -0.05) is 48.0 Å². The normalized spacial score (nSPS) is 21.5. The standard InChI is InChI=1S/C17H15ClFNO/c18-15-9-5-4-8-14(15)17(19)10-11-20(12-17)16(21)13-6-2-1-3-7-13/h1-9H,10-12H2. The first-order valence-electron chi connectivity index (χ1n) is 6.88. The number of halogens is 2. The van der Waals surface area contributed by atoms with Crippen molar-refractivity contribution in [2.45, 2.75) is 12.1 Å². The highest BCUT2D eigenvalue weighted by Crippen LogP contribution is 2.39. The molecule has 0 N–H and O–H groups in total. The second-order valence-electron chi connectivity index (χ2n) is 5.29. The monoisotopic (exact) mass is 303 g/mol. The molecule has 108 valence electrons. The molecule has 2 aromatic rings. The maximum atomic E-state index is 15.2. The van der Waals surface area contributed by atoms with Crippen LogP contribution < -0.4 is 0 Å². The number of alkyl halides is 1. The van der Waals surface area contributed by atoms with E-state index in [2.05, 4.69) is 0 Å². The van der Waals surface area contributed by atoms with Gasteiger partial charge in [-0.05, 0) is 18.2 Å². The van der Waals surface area contributed by atoms with Gasteiger partial charge in [-0.2, -0.15) is 0 Å². The third-order valence-electron chi connectivity index (χ3n) is 3.88. The molecule has 1 amide bonds. The summed E-state index contributed by atoms with van der Waals surface area (Å²) in [6.45, 7) is 0.444. The first-order valence-corrected chi connectivity index (χ1v) is 7.26. The number of carbonyl (C=O) groups is 1. The molecule has 0 saturated carbocycles. The number of nitrogens with zero attached hydrogens (tertiary/aromatic N) is 1. The van der Waals surface area contributed by atoms with E-state index in [-0.39, 0.29) is 18.9 Å². The van der Waals surface area contributed by atoms with E-state index in [0.717, 1.165) is 0 Å². The number of hydrogen-bond acceptors (Lipinski definition) is 1. The molecular weight excluding hydrogens is 289 g/mol. The first kappa shape index (κ1) is 14.1. The zero-order chi connectivity index (χ0) is 14.9. The van der Waals surface area contributed by atoms with Crippen LogP contribution in [-0.4, -0.2) is 23.9 Å². The van der Waals surface area contributed by atoms with Crippen molar-refractivity contribution in [2.24, 2.45) is 0 Å². The van der Waals surface area contributed by atoms with Gasteiger partial charge in [0.1, 0.15) is 0 Å². The fourth-order valence-electron chi connectivity index (χ4n) is 2.75. The van der Waals surface area contributed by atoms with Gasteiger partial charge in [-0.15, -0.1) is 0 Å². The van der Waals surface area contributed by atoms with Crippen molar-refractivity contribution in [3.63, 3.8) is 0 Å². The average molecular weight is 304 g/mol. The largest absolute Gasteiger partial charge is 0.335 e. The summed E-state index contributed by atoms with van der Waals surface area (Å²) in [5.41, 5.74) is -0.515. The molecule has 0 spiro atoms. The van der Waals surface area contributed by atoms with Crippen LogP contribution in [0.15, 0.2) is 54.6 Å². The summed E-state index contributed by atoms with van der Waals surface area (Å²) in [6, 6.07) is 15.9. The highest BCUT2D eigenvalue weighted by atomic mass is 35.5. The summed E-state index contributed by atoms with van der Waals surface area (Å²) in [5, 5.41) is 0.411. The highest BCUT2D eigenvalue weighted by Gasteiger charge is 2.42. The van der Waals surface area contributed by atoms with Gasteiger partial charge in [0.05, 0.1) is 6.54 Å². The molecule has 1 heterocycles. The van der Waals surface area contributed by atoms with E-state index in [0.29, 0.717) is 22.7 Å². The van der Waals surface area contributed by atoms with Gasteiger partial charge in [0.25, 0.3) is 5.91 Å². The summed E-state index contributed by atoms with van der Waals surface area (Å²) in [5.74, 6) is -0.137. The Morgan fingerprint density at radius 1 is 1.10 bits per heavy atom. The van der Waals surface area contributed by atoms with E-state index in [1.54, 1.807) is 53.4 Å². The van der Waals surface area contributed by atoms with Gasteiger partial charge in [-0.3, -0.25) is 4.79 Å². The topological polar surface area (TPSA) is 20.3 Å². The fourth-order valence-corrected chi connectivity index (χ4v) is 3.06. The fraction of sp³-hybridized carbons (Fsp3) is 0.235. The number of benzene rings is 2. The van der Waals surface area contributed by atoms with Crippen LogP contribution in [0.25, 0.3) is 0 Å². The molecule has 2 aromatic carbocycles. The van der Waals surface area contributed by atoms with Gasteiger partial charge >= 0.3 is 0 Å². The van der Waals surface area contributed by atoms with Crippen LogP contribution in [0.1, 0.15) is 22.3 Å². The first-order chi connectivity index (χ1) is 10.1. The predicted molar refractivity (Wildman–Crippen MR) is 81.2 cm³/mol. The van der Waals surface area contributed by atoms with E-state index in [9.17, 15) is 4.79 Å². The molecule has 21 heavy (non-hydrogen) atoms. The van der Waals surface area contributed by atoms with Gasteiger partial charge in [0.15, 0.2) is 5.67 Å². The van der Waals surface area contributed by atoms with Crippen molar-refractivity contribution in [3.05, 3.63) is 70.7 Å². The lowest BCUT2D eigenvalue weighted by molar-refractivity contribution is 0.0751. The van der Waals surface area contributed by atoms with Crippen LogP contribution in [0, 0.1) is 0 Å². The van der Waals surface area contributed by atoms with Gasteiger partial charge < -0.3 is 4.90 Å². The van der Waals surface area contributed by atoms with Crippen molar-refractivity contribution in [1.29, 1.82) is 0 Å². The Labute approximate surface area is 128 Å². The number of carbonyl (C=O) groups excluding carboxylic acids is 1. The van der Waals surface area contributed by atoms with Crippen molar-refractivity contribution >= 4 is 17.5 Å². The molecule has 1 aliphatic rings. The lowest BCUT2D eigenvalue weighted by atomic mass is 9.95. The molecule has 0 radical (unpaired) electrons. The Morgan fingerprint density at radius 2 is 1.76 bits per heavy atom. The van der Waals surface area contributed by atoms with E-state index in [4.69, 9.17) is 11.6 Å². The predicted octanol–water partition coefficient (Wildman–Crippen LogP) is 4.05. The maximum absolute atomic E-state index is 15.2. The molecule has 0 bridgehead atoms. The Morgan fingerprint density at radius 3 is 2.48 bits per heavy atom. The molecule has 2 nitrogen and oxygen atoms in total. The third-order valence-corrected chi connectivity index (χ3v) is 4.21. The smallest absolute Gasteiger partial charge is 0.253 e. The van der Waals surface area contributed by atoms with Crippen LogP contribution in [0.2, 0.25) is 5.02 Å². The quantitative estimate of drug-likeness (QED) is 0.819. The summed E-state index contributed by atoms with van der Waals surface area (Å²) in [4.78, 5) is 13.9. The SMILES string of the molecule is O=C(c1ccccc1)N1CCC(F)(c2ccccc2Cl)C1. The Bertz CT molecular complexity index is 661. The van der Waals surface area contributed by atoms with E-state index >= 15 is 4.39 Å². The van der Waals surface area contributed by atoms with Gasteiger partial charge in [0, 0.05) is 29.1 Å². The molecule has 0 aromatic heterocycles. The minimum atomic E-state index is -1.57. The van der Waals surface area contributed by atoms with E-state index in [1.807, 2.05) is 6.07 Å². The third kappa shape index (κ3) is 2.66. The van der Waals surface area contributed by atoms with Gasteiger partial charge in [-0.25, -0.2) is 4.39 Å². The number of amides is 1. The maximum Gasteiger partial charge on any atom is 0.253 e. The molecule has 1 fully saturated rings. The molecule has 3 rings (SSSR count). The lowest BCUT2D eigenvalue weighted by Gasteiger charge is -2.22. The molecule has 1 atom stereocenters. The van der Waals surface area contributed by atoms with E-state index in [1.165, 1.54) is 0 Å². The zero-order valence-corrected chi connectivity index (χ0v) is 12.2. The second-order valence-corrected chi connectivity index (χ2v) is 5.70. The second kappa shape index (κ2) is 5.49. The minimum absolute atomic E-state index is 0.0461. The average Bonchev–Trinajstić information content (AvgIpc) is 2.91. The summed E-state index contributed by atoms with van der Waals surface area (Å²) < 4.78 is 15.2. The Hall–Kier alpha value is -1.87. The van der Waals surface area contributed by atoms with Crippen LogP contribution >= 0.6 is 11.6 Å². The van der Waals surface area contributed by atoms with Crippen molar-refractivity contribution in [3.8, 4) is 0 Å². The summed E-state index contributed by atoms with van der Waals surface area (Å²) >= 11 is 6.09. The van der Waals surface area contributed by atoms with Crippen molar-refractivity contribution in [1.82, 2.24) is 4.90 Å². The zero-order valence-electron chi connectivity index (χ0n) is 11.4. The van der Waals surface area contributed by atoms with Crippen molar-refractivity contribution in [2.75, 3.05) is 13.1 Å². The van der Waals surface area contributed by atoms with Crippen LogP contribution in [-0.2, 0) is 5.67 Å². The Kier molecular flexibility index (Phi) is 3.68. The highest BCUT2D eigenvalue weighted by molar-refractivity contribution is 6.31. The number of hydrogen-bond donors (Lipinski definition) is 0. The molecular formula is C17H15ClFNO. The molecule has 1 unspecified atom stereocenters. The molecule has 0 aliphatic carbocycles. The van der Waals surface area contributed by atoms with Crippen LogP contribution in [0.4, 0.5) is 4.39 Å². The molecule has 4 heteroatoms. The minimum Gasteiger partial charge on any atom is -0.335 e. The number of rotatable bonds is 2. The van der Waals surface area contributed by atoms with E-state index < -0.39 is 5.67 Å². The summed E-state index contributed by atoms with van der Waals surface area (Å²) in [6.07, 6.45) is 0.273. The number of likely N-dealkylation sites (tertiary alicyclic amines) is 1. The summed E-state index contributed by atoms with van der Waals surface area (Å²) in [7, 11) is 0. The van der Waals surface area contributed by atoms with Crippen LogP contribution in [0.5, 0.6) is 0 Å². The van der Waals surface area contributed by atoms with Gasteiger partial charge in [0.2, 0.25) is 0 Å².